The minimum Gasteiger partial charge on any atom is -0.481 e. The second-order valence-electron chi connectivity index (χ2n) is 4.32. The van der Waals surface area contributed by atoms with Crippen LogP contribution in [0.2, 0.25) is 0 Å². The molecule has 18 heavy (non-hydrogen) atoms. The Morgan fingerprint density at radius 2 is 2.06 bits per heavy atom. The third kappa shape index (κ3) is 3.14. The van der Waals surface area contributed by atoms with E-state index in [1.54, 1.807) is 0 Å². The second kappa shape index (κ2) is 5.57. The molecule has 0 aromatic carbocycles. The molecule has 0 aliphatic heterocycles. The van der Waals surface area contributed by atoms with Crippen molar-refractivity contribution in [2.45, 2.75) is 31.6 Å². The molecule has 0 radical (unpaired) electrons. The van der Waals surface area contributed by atoms with Gasteiger partial charge in [0.05, 0.1) is 5.92 Å². The van der Waals surface area contributed by atoms with Crippen molar-refractivity contribution in [3.8, 4) is 0 Å². The summed E-state index contributed by atoms with van der Waals surface area (Å²) in [5, 5.41) is 21.4. The molecule has 98 valence electrons. The molecule has 8 heteroatoms. The lowest BCUT2D eigenvalue weighted by Crippen LogP contribution is -2.20. The number of carbonyl (C=O) groups is 1. The third-order valence-electron chi connectivity index (χ3n) is 3.10. The highest BCUT2D eigenvalue weighted by Gasteiger charge is 2.28. The number of nitrogens with zero attached hydrogens (tertiary/aromatic N) is 2. The van der Waals surface area contributed by atoms with Gasteiger partial charge in [-0.2, -0.15) is 0 Å². The molecular weight excluding hydrogens is 272 g/mol. The molecule has 1 heterocycles. The Morgan fingerprint density at radius 3 is 2.61 bits per heavy atom. The van der Waals surface area contributed by atoms with Gasteiger partial charge in [0.25, 0.3) is 0 Å². The Hall–Kier alpha value is -1.28. The van der Waals surface area contributed by atoms with E-state index < -0.39 is 5.97 Å². The van der Waals surface area contributed by atoms with E-state index >= 15 is 0 Å². The van der Waals surface area contributed by atoms with Crippen LogP contribution in [0.25, 0.3) is 0 Å². The Morgan fingerprint density at radius 1 is 1.39 bits per heavy atom. The number of nitrogens with one attached hydrogen (secondary N) is 1. The van der Waals surface area contributed by atoms with E-state index in [-0.39, 0.29) is 11.0 Å². The summed E-state index contributed by atoms with van der Waals surface area (Å²) in [4.78, 5) is 10.9. The summed E-state index contributed by atoms with van der Waals surface area (Å²) >= 11 is 6.16. The first kappa shape index (κ1) is 13.2. The van der Waals surface area contributed by atoms with Crippen LogP contribution < -0.4 is 11.1 Å². The fraction of sp³-hybridized carbons (Fsp3) is 0.600. The number of aliphatic carboxylic acids is 1. The molecule has 0 atom stereocenters. The summed E-state index contributed by atoms with van der Waals surface area (Å²) < 4.78 is 0. The fourth-order valence-electron chi connectivity index (χ4n) is 2.14. The number of nitrogens with two attached hydrogens (primary N) is 1. The van der Waals surface area contributed by atoms with Gasteiger partial charge in [-0.15, -0.1) is 10.2 Å². The van der Waals surface area contributed by atoms with Crippen molar-refractivity contribution in [2.75, 3.05) is 5.32 Å². The lowest BCUT2D eigenvalue weighted by molar-refractivity contribution is -0.142. The summed E-state index contributed by atoms with van der Waals surface area (Å²) in [6.07, 6.45) is 3.10. The zero-order chi connectivity index (χ0) is 13.1. The first-order chi connectivity index (χ1) is 8.56. The molecule has 1 aliphatic carbocycles. The normalized spacial score (nSPS) is 23.6. The van der Waals surface area contributed by atoms with Crippen molar-refractivity contribution in [1.82, 2.24) is 10.2 Å². The molecule has 6 nitrogen and oxygen atoms in total. The summed E-state index contributed by atoms with van der Waals surface area (Å²) in [5.41, 5.74) is 5.36. The van der Waals surface area contributed by atoms with Crippen molar-refractivity contribution < 1.29 is 9.90 Å². The van der Waals surface area contributed by atoms with E-state index in [0.717, 1.165) is 17.8 Å². The van der Waals surface area contributed by atoms with Gasteiger partial charge in [-0.3, -0.25) is 4.79 Å². The molecule has 4 N–H and O–H groups in total. The van der Waals surface area contributed by atoms with Gasteiger partial charge in [0.1, 0.15) is 5.01 Å². The van der Waals surface area contributed by atoms with Crippen LogP contribution in [-0.2, 0) is 4.79 Å². The largest absolute Gasteiger partial charge is 0.481 e. The maximum Gasteiger partial charge on any atom is 0.306 e. The number of carboxylic acid groups (broad SMARTS) is 1. The molecular formula is C10H14N4O2S2. The second-order valence-corrected chi connectivity index (χ2v) is 5.77. The minimum atomic E-state index is -0.693. The molecule has 1 saturated carbocycles. The van der Waals surface area contributed by atoms with Crippen molar-refractivity contribution in [3.05, 3.63) is 5.01 Å². The van der Waals surface area contributed by atoms with Crippen LogP contribution in [0, 0.1) is 5.92 Å². The number of rotatable bonds is 3. The summed E-state index contributed by atoms with van der Waals surface area (Å²) in [7, 11) is 0. The molecule has 0 spiro atoms. The molecule has 0 amide bonds. The molecule has 2 rings (SSSR count). The standard InChI is InChI=1S/C10H14N4O2S2/c11-9(17)12-10-14-13-7(18-10)5-1-3-6(4-2-5)8(15)16/h5-6H,1-4H2,(H,15,16)(H3,11,12,14,17). The summed E-state index contributed by atoms with van der Waals surface area (Å²) in [6.45, 7) is 0. The minimum absolute atomic E-state index is 0.173. The van der Waals surface area contributed by atoms with Crippen molar-refractivity contribution in [2.24, 2.45) is 11.7 Å². The van der Waals surface area contributed by atoms with Gasteiger partial charge in [-0.25, -0.2) is 0 Å². The van der Waals surface area contributed by atoms with Crippen LogP contribution in [0.1, 0.15) is 36.6 Å². The zero-order valence-electron chi connectivity index (χ0n) is 9.63. The van der Waals surface area contributed by atoms with Gasteiger partial charge < -0.3 is 16.2 Å². The van der Waals surface area contributed by atoms with Gasteiger partial charge in [-0.05, 0) is 37.9 Å². The Bertz CT molecular complexity index is 454. The molecule has 0 unspecified atom stereocenters. The number of hydrogen-bond donors (Lipinski definition) is 3. The van der Waals surface area contributed by atoms with Crippen molar-refractivity contribution >= 4 is 39.8 Å². The fourth-order valence-corrected chi connectivity index (χ4v) is 3.23. The van der Waals surface area contributed by atoms with Crippen LogP contribution in [-0.4, -0.2) is 26.4 Å². The Kier molecular flexibility index (Phi) is 4.07. The van der Waals surface area contributed by atoms with E-state index in [2.05, 4.69) is 15.5 Å². The van der Waals surface area contributed by atoms with E-state index in [4.69, 9.17) is 23.1 Å². The number of hydrogen-bond acceptors (Lipinski definition) is 5. The topological polar surface area (TPSA) is 101 Å². The van der Waals surface area contributed by atoms with Gasteiger partial charge >= 0.3 is 5.97 Å². The van der Waals surface area contributed by atoms with Crippen LogP contribution in [0.3, 0.4) is 0 Å². The molecule has 1 fully saturated rings. The maximum absolute atomic E-state index is 10.9. The number of anilines is 1. The van der Waals surface area contributed by atoms with E-state index in [0.29, 0.717) is 23.9 Å². The van der Waals surface area contributed by atoms with E-state index in [9.17, 15) is 4.79 Å². The van der Waals surface area contributed by atoms with Crippen molar-refractivity contribution in [3.63, 3.8) is 0 Å². The summed E-state index contributed by atoms with van der Waals surface area (Å²) in [5.74, 6) is -0.593. The van der Waals surface area contributed by atoms with Crippen LogP contribution in [0.15, 0.2) is 0 Å². The van der Waals surface area contributed by atoms with Gasteiger partial charge in [0.2, 0.25) is 5.13 Å². The quantitative estimate of drug-likeness (QED) is 0.725. The summed E-state index contributed by atoms with van der Waals surface area (Å²) in [6, 6.07) is 0. The lowest BCUT2D eigenvalue weighted by Gasteiger charge is -2.23. The van der Waals surface area contributed by atoms with Gasteiger partial charge in [0, 0.05) is 5.92 Å². The smallest absolute Gasteiger partial charge is 0.306 e. The predicted octanol–water partition coefficient (Wildman–Crippen LogP) is 1.55. The molecule has 1 aliphatic rings. The van der Waals surface area contributed by atoms with Crippen LogP contribution in [0.4, 0.5) is 5.13 Å². The highest BCUT2D eigenvalue weighted by atomic mass is 32.1. The van der Waals surface area contributed by atoms with Crippen LogP contribution in [0.5, 0.6) is 0 Å². The zero-order valence-corrected chi connectivity index (χ0v) is 11.3. The van der Waals surface area contributed by atoms with E-state index in [1.807, 2.05) is 0 Å². The lowest BCUT2D eigenvalue weighted by atomic mass is 9.82. The molecule has 1 aromatic heterocycles. The van der Waals surface area contributed by atoms with Gasteiger partial charge in [0.15, 0.2) is 5.11 Å². The maximum atomic E-state index is 10.9. The number of aromatic nitrogens is 2. The van der Waals surface area contributed by atoms with E-state index in [1.165, 1.54) is 11.3 Å². The SMILES string of the molecule is NC(=S)Nc1nnc(C2CCC(C(=O)O)CC2)s1. The Balaban J connectivity index is 1.95. The predicted molar refractivity (Wildman–Crippen MR) is 72.7 cm³/mol. The monoisotopic (exact) mass is 286 g/mol. The molecule has 0 saturated heterocycles. The average Bonchev–Trinajstić information content (AvgIpc) is 2.76. The first-order valence-electron chi connectivity index (χ1n) is 5.69. The highest BCUT2D eigenvalue weighted by Crippen LogP contribution is 2.37. The average molecular weight is 286 g/mol. The first-order valence-corrected chi connectivity index (χ1v) is 6.91. The number of carboxylic acids is 1. The highest BCUT2D eigenvalue weighted by molar-refractivity contribution is 7.80. The Labute approximate surface area is 114 Å². The van der Waals surface area contributed by atoms with Gasteiger partial charge in [-0.1, -0.05) is 11.3 Å². The van der Waals surface area contributed by atoms with Crippen LogP contribution >= 0.6 is 23.6 Å². The third-order valence-corrected chi connectivity index (χ3v) is 4.20. The molecule has 0 bridgehead atoms. The molecule has 1 aromatic rings. The number of thiocarbonyl (C=S) groups is 1. The van der Waals surface area contributed by atoms with Crippen molar-refractivity contribution in [1.29, 1.82) is 0 Å².